The van der Waals surface area contributed by atoms with Crippen LogP contribution in [0.5, 0.6) is 17.5 Å². The maximum atomic E-state index is 12.4. The van der Waals surface area contributed by atoms with Gasteiger partial charge in [0.05, 0.1) is 16.9 Å². The lowest BCUT2D eigenvalue weighted by molar-refractivity contribution is 0.101. The summed E-state index contributed by atoms with van der Waals surface area (Å²) in [5, 5.41) is 35.4. The van der Waals surface area contributed by atoms with Crippen LogP contribution in [0.1, 0.15) is 42.2 Å². The highest BCUT2D eigenvalue weighted by Gasteiger charge is 2.34. The Morgan fingerprint density at radius 3 is 1.81 bits per heavy atom. The van der Waals surface area contributed by atoms with Crippen molar-refractivity contribution in [2.75, 3.05) is 5.32 Å². The Morgan fingerprint density at radius 2 is 1.11 bits per heavy atom. The summed E-state index contributed by atoms with van der Waals surface area (Å²) in [5.74, 6) is 0.240. The average molecular weight is 1290 g/mol. The number of halogens is 3. The molecular weight excluding hydrogens is 1250 g/mol. The molecule has 8 N–H and O–H groups in total. The molecule has 0 saturated carbocycles. The largest absolute Gasteiger partial charge is 0.506 e. The van der Waals surface area contributed by atoms with Crippen LogP contribution < -0.4 is 5.32 Å². The number of carbonyl (C=O) groups excluding carboxylic acids is 3. The number of hydrogen-bond donors (Lipinski definition) is 8. The molecule has 0 unspecified atom stereocenters. The second-order valence-electron chi connectivity index (χ2n) is 16.2. The maximum Gasteiger partial charge on any atom is 0.214 e. The van der Waals surface area contributed by atoms with Gasteiger partial charge in [-0.1, -0.05) is 115 Å². The van der Waals surface area contributed by atoms with Crippen molar-refractivity contribution >= 4 is 139 Å². The third-order valence-electron chi connectivity index (χ3n) is 11.9. The van der Waals surface area contributed by atoms with Gasteiger partial charge in [0, 0.05) is 128 Å². The highest BCUT2D eigenvalue weighted by Crippen LogP contribution is 2.36. The summed E-state index contributed by atoms with van der Waals surface area (Å²) in [6.45, 7) is 0. The normalized spacial score (nSPS) is 13.5. The van der Waals surface area contributed by atoms with Crippen LogP contribution >= 0.6 is 61.2 Å². The number of aromatic hydroxyl groups is 3. The van der Waals surface area contributed by atoms with Crippen molar-refractivity contribution in [1.82, 2.24) is 19.9 Å². The molecule has 0 radical (unpaired) electrons. The maximum absolute atomic E-state index is 12.4. The Hall–Kier alpha value is -7.49. The van der Waals surface area contributed by atoms with Gasteiger partial charge in [0.15, 0.2) is 17.5 Å². The van der Waals surface area contributed by atoms with Crippen molar-refractivity contribution in [2.45, 2.75) is 6.42 Å². The number of benzene rings is 7. The summed E-state index contributed by atoms with van der Waals surface area (Å²) in [6, 6.07) is 56.9. The molecule has 0 amide bonds. The van der Waals surface area contributed by atoms with Crippen molar-refractivity contribution in [3.05, 3.63) is 233 Å². The number of H-pyrrole nitrogens is 4. The smallest absolute Gasteiger partial charge is 0.214 e. The number of ketones is 3. The van der Waals surface area contributed by atoms with Gasteiger partial charge in [-0.3, -0.25) is 14.4 Å². The number of anilines is 1. The van der Waals surface area contributed by atoms with Crippen LogP contribution in [-0.4, -0.2) is 58.3 Å². The van der Waals surface area contributed by atoms with E-state index < -0.39 is 0 Å². The average Bonchev–Trinajstić information content (AvgIpc) is 4.30. The predicted octanol–water partition coefficient (Wildman–Crippen LogP) is 14.5. The van der Waals surface area contributed by atoms with Gasteiger partial charge in [-0.25, -0.2) is 4.99 Å². The molecule has 6 heterocycles. The first-order valence-electron chi connectivity index (χ1n) is 22.2. The van der Waals surface area contributed by atoms with E-state index in [4.69, 9.17) is 5.11 Å². The van der Waals surface area contributed by atoms with E-state index >= 15 is 0 Å². The summed E-state index contributed by atoms with van der Waals surface area (Å²) in [5.41, 5.74) is 10.1. The van der Waals surface area contributed by atoms with E-state index in [1.807, 2.05) is 146 Å². The summed E-state index contributed by atoms with van der Waals surface area (Å²) >= 11 is 4.24. The first-order valence-corrected chi connectivity index (χ1v) is 28.5. The van der Waals surface area contributed by atoms with Gasteiger partial charge in [-0.05, 0) is 71.6 Å². The molecular formula is C57H43I3N6O6. The monoisotopic (exact) mass is 1290 g/mol. The van der Waals surface area contributed by atoms with Gasteiger partial charge in [-0.15, -0.1) is 24.0 Å². The van der Waals surface area contributed by atoms with Crippen LogP contribution in [0.15, 0.2) is 211 Å². The van der Waals surface area contributed by atoms with Crippen LogP contribution in [0.4, 0.5) is 11.4 Å². The molecule has 3 aliphatic rings. The number of rotatable bonds is 1. The fraction of sp³-hybridized carbons (Fsp3) is 0.0175. The number of para-hydroxylation sites is 6. The molecule has 0 atom stereocenters. The number of aromatic amines is 4. The van der Waals surface area contributed by atoms with Crippen LogP contribution in [0, 0.1) is 0 Å². The van der Waals surface area contributed by atoms with Gasteiger partial charge in [-0.2, -0.15) is 0 Å². The van der Waals surface area contributed by atoms with Crippen molar-refractivity contribution in [3.63, 3.8) is 0 Å². The number of nitrogens with zero attached hydrogens (tertiary/aromatic N) is 1. The standard InChI is InChI=1S/C17H11NO2.C16H10N2O2.2C8H7NO.C8H7N.I2.HI/c19-16-11-6-2-1-5-10(11)9-13(16)15-17(20)12-7-3-4-8-14(12)18-15;19-15-10-6-2-4-8-12(10)17-14(15)13-9-5-1-3-7-11(9)18-16(13)20;10-8-5-9-7-4-2-1-3-6(7)8;10-8-5-6-3-1-2-4-7(6)9-8;1-2-4-8-7(3-1)5-6-9-8;1-2;/h1-8,18H,9H2;1-8,18,20H;2*1-5,9-10H;1-6,9H;;1H/b15-13-;;;;;;. The molecule has 12 nitrogen and oxygen atoms in total. The lowest BCUT2D eigenvalue weighted by Gasteiger charge is -2.02. The van der Waals surface area contributed by atoms with Crippen molar-refractivity contribution in [3.8, 4) is 17.5 Å². The third kappa shape index (κ3) is 10.7. The number of aliphatic imine (C=N–C) groups is 1. The Kier molecular flexibility index (Phi) is 16.4. The van der Waals surface area contributed by atoms with E-state index in [0.717, 1.165) is 44.0 Å². The zero-order valence-corrected chi connectivity index (χ0v) is 44.5. The molecule has 7 aromatic carbocycles. The van der Waals surface area contributed by atoms with E-state index in [9.17, 15) is 24.6 Å². The van der Waals surface area contributed by atoms with Gasteiger partial charge in [0.25, 0.3) is 0 Å². The highest BCUT2D eigenvalue weighted by molar-refractivity contribution is 15.0. The number of Topliss-reactive ketones (excluding diaryl/α,β-unsaturated/α-hetero) is 3. The fourth-order valence-electron chi connectivity index (χ4n) is 8.57. The lowest BCUT2D eigenvalue weighted by atomic mass is 10.0. The second-order valence-corrected chi connectivity index (χ2v) is 16.2. The Morgan fingerprint density at radius 1 is 0.514 bits per heavy atom. The molecule has 4 aromatic heterocycles. The first-order chi connectivity index (χ1) is 34.7. The molecule has 11 aromatic rings. The van der Waals surface area contributed by atoms with Crippen molar-refractivity contribution in [1.29, 1.82) is 0 Å². The minimum atomic E-state index is -0.152. The summed E-state index contributed by atoms with van der Waals surface area (Å²) < 4.78 is 0. The molecule has 14 rings (SSSR count). The second kappa shape index (κ2) is 23.2. The summed E-state index contributed by atoms with van der Waals surface area (Å²) in [7, 11) is 0. The molecule has 72 heavy (non-hydrogen) atoms. The van der Waals surface area contributed by atoms with Gasteiger partial charge >= 0.3 is 0 Å². The van der Waals surface area contributed by atoms with Crippen molar-refractivity contribution in [2.24, 2.45) is 4.99 Å². The molecule has 0 fully saturated rings. The van der Waals surface area contributed by atoms with Crippen LogP contribution in [0.25, 0.3) is 43.6 Å². The van der Waals surface area contributed by atoms with Crippen molar-refractivity contribution < 1.29 is 29.7 Å². The minimum Gasteiger partial charge on any atom is -0.506 e. The van der Waals surface area contributed by atoms with E-state index in [2.05, 4.69) is 85.7 Å². The number of aromatic nitrogens is 4. The van der Waals surface area contributed by atoms with E-state index in [1.54, 1.807) is 30.5 Å². The molecule has 2 aliphatic heterocycles. The van der Waals surface area contributed by atoms with Crippen LogP contribution in [0.3, 0.4) is 0 Å². The van der Waals surface area contributed by atoms with Crippen LogP contribution in [0.2, 0.25) is 0 Å². The number of nitrogens with one attached hydrogen (secondary N) is 5. The zero-order valence-electron chi connectivity index (χ0n) is 37.9. The summed E-state index contributed by atoms with van der Waals surface area (Å²) in [4.78, 5) is 53.4. The van der Waals surface area contributed by atoms with E-state index in [1.165, 1.54) is 10.9 Å². The molecule has 358 valence electrons. The van der Waals surface area contributed by atoms with E-state index in [0.29, 0.717) is 57.1 Å². The Bertz CT molecular complexity index is 3690. The number of allylic oxidation sites excluding steroid dienone is 2. The number of carbonyl (C=O) groups is 3. The van der Waals surface area contributed by atoms with E-state index in [-0.39, 0.29) is 53.1 Å². The number of hydrogen-bond acceptors (Lipinski definition) is 8. The van der Waals surface area contributed by atoms with Gasteiger partial charge in [0.1, 0.15) is 11.5 Å². The lowest BCUT2D eigenvalue weighted by Crippen LogP contribution is -2.10. The minimum absolute atomic E-state index is 0. The highest BCUT2D eigenvalue weighted by atomic mass is 128. The molecule has 0 spiro atoms. The molecule has 0 bridgehead atoms. The first kappa shape index (κ1) is 50.9. The topological polar surface area (TPSA) is 199 Å². The van der Waals surface area contributed by atoms with Gasteiger partial charge in [0.2, 0.25) is 11.6 Å². The molecule has 0 saturated heterocycles. The van der Waals surface area contributed by atoms with Gasteiger partial charge < -0.3 is 40.6 Å². The fourth-order valence-corrected chi connectivity index (χ4v) is 8.57. The summed E-state index contributed by atoms with van der Waals surface area (Å²) in [6.07, 6.45) is 4.06. The predicted molar refractivity (Wildman–Crippen MR) is 315 cm³/mol. The third-order valence-corrected chi connectivity index (χ3v) is 11.9. The Balaban J connectivity index is 0.000000124. The molecule has 15 heteroatoms. The number of fused-ring (bicyclic) bond motifs is 7. The quantitative estimate of drug-likeness (QED) is 0.0590. The zero-order chi connectivity index (χ0) is 49.4. The Labute approximate surface area is 452 Å². The van der Waals surface area contributed by atoms with Crippen LogP contribution in [-0.2, 0) is 6.42 Å². The SMILES string of the molecule is I.II.O=C1/C(=C2\Nc3ccccc3C2=O)Cc2ccccc21.O=C1C(c2c(O)[nH]c3ccccc23)=Nc2ccccc21.Oc1c[nH]c2ccccc12.Oc1cc2ccccc2[nH]1.c1ccc2[nH]ccc2c1. The molecule has 1 aliphatic carbocycles.